The Kier molecular flexibility index (Phi) is 33.8. The van der Waals surface area contributed by atoms with Crippen LogP contribution in [0.3, 0.4) is 0 Å². The lowest BCUT2D eigenvalue weighted by Crippen LogP contribution is -2.60. The Morgan fingerprint density at radius 2 is 1.07 bits per heavy atom. The summed E-state index contributed by atoms with van der Waals surface area (Å²) in [6.07, 6.45) is 35.0. The maximum Gasteiger partial charge on any atom is 0.220 e. The molecule has 9 nitrogen and oxygen atoms in total. The molecule has 54 heavy (non-hydrogen) atoms. The van der Waals surface area contributed by atoms with Crippen LogP contribution in [0, 0.1) is 0 Å². The number of aliphatic hydroxyl groups excluding tert-OH is 5. The van der Waals surface area contributed by atoms with Crippen LogP contribution in [0.2, 0.25) is 0 Å². The minimum Gasteiger partial charge on any atom is -0.394 e. The summed E-state index contributed by atoms with van der Waals surface area (Å²) in [7, 11) is 0. The van der Waals surface area contributed by atoms with Gasteiger partial charge in [-0.25, -0.2) is 0 Å². The molecule has 1 amide bonds. The average Bonchev–Trinajstić information content (AvgIpc) is 3.17. The van der Waals surface area contributed by atoms with Gasteiger partial charge in [0.05, 0.1) is 25.4 Å². The molecule has 1 aliphatic heterocycles. The Morgan fingerprint density at radius 1 is 0.611 bits per heavy atom. The summed E-state index contributed by atoms with van der Waals surface area (Å²) in [4.78, 5) is 12.9. The van der Waals surface area contributed by atoms with E-state index < -0.39 is 49.5 Å². The van der Waals surface area contributed by atoms with Crippen LogP contribution in [0.1, 0.15) is 200 Å². The maximum atomic E-state index is 12.9. The molecule has 0 bridgehead atoms. The zero-order valence-corrected chi connectivity index (χ0v) is 34.7. The molecule has 0 radical (unpaired) electrons. The second-order valence-corrected chi connectivity index (χ2v) is 15.8. The van der Waals surface area contributed by atoms with E-state index in [9.17, 15) is 30.3 Å². The molecule has 9 heteroatoms. The molecular formula is C45H85NO8. The first-order valence-electron chi connectivity index (χ1n) is 22.6. The van der Waals surface area contributed by atoms with E-state index in [-0.39, 0.29) is 12.5 Å². The van der Waals surface area contributed by atoms with Crippen LogP contribution < -0.4 is 5.32 Å². The maximum absolute atomic E-state index is 12.9. The van der Waals surface area contributed by atoms with E-state index in [1.807, 2.05) is 6.08 Å². The van der Waals surface area contributed by atoms with Crippen LogP contribution in [0.4, 0.5) is 0 Å². The number of ether oxygens (including phenoxy) is 2. The highest BCUT2D eigenvalue weighted by Gasteiger charge is 2.44. The van der Waals surface area contributed by atoms with Crippen LogP contribution >= 0.6 is 0 Å². The predicted molar refractivity (Wildman–Crippen MR) is 221 cm³/mol. The first-order chi connectivity index (χ1) is 26.3. The molecule has 318 valence electrons. The lowest BCUT2D eigenvalue weighted by atomic mass is 9.99. The number of allylic oxidation sites excluding steroid dienone is 3. The van der Waals surface area contributed by atoms with Crippen LogP contribution in [0.5, 0.6) is 0 Å². The van der Waals surface area contributed by atoms with Crippen molar-refractivity contribution in [2.45, 2.75) is 243 Å². The van der Waals surface area contributed by atoms with Crippen molar-refractivity contribution in [1.29, 1.82) is 0 Å². The first kappa shape index (κ1) is 50.7. The third-order valence-electron chi connectivity index (χ3n) is 10.8. The summed E-state index contributed by atoms with van der Waals surface area (Å²) in [5.41, 5.74) is 0. The van der Waals surface area contributed by atoms with Gasteiger partial charge in [0.1, 0.15) is 24.4 Å². The number of unbranched alkanes of at least 4 members (excludes halogenated alkanes) is 25. The molecular weight excluding hydrogens is 682 g/mol. The molecule has 1 saturated heterocycles. The first-order valence-corrected chi connectivity index (χ1v) is 22.6. The molecule has 7 atom stereocenters. The molecule has 6 N–H and O–H groups in total. The van der Waals surface area contributed by atoms with Crippen molar-refractivity contribution in [3.63, 3.8) is 0 Å². The number of amides is 1. The summed E-state index contributed by atoms with van der Waals surface area (Å²) in [5.74, 6) is -0.179. The highest BCUT2D eigenvalue weighted by atomic mass is 16.7. The molecule has 0 aromatic rings. The van der Waals surface area contributed by atoms with Gasteiger partial charge < -0.3 is 40.3 Å². The van der Waals surface area contributed by atoms with Gasteiger partial charge in [-0.15, -0.1) is 0 Å². The van der Waals surface area contributed by atoms with Crippen LogP contribution in [0.15, 0.2) is 24.3 Å². The second kappa shape index (κ2) is 36.0. The lowest BCUT2D eigenvalue weighted by molar-refractivity contribution is -0.302. The minimum atomic E-state index is -1.56. The molecule has 1 fully saturated rings. The Balaban J connectivity index is 2.34. The van der Waals surface area contributed by atoms with Gasteiger partial charge in [-0.1, -0.05) is 179 Å². The standard InChI is InChI=1S/C45H85NO8/c1-3-5-7-9-11-13-15-17-18-19-20-21-23-25-27-29-31-33-35-41(49)46-38(37-53-45-44(52)43(51)42(50)40(36-47)54-45)39(48)34-32-30-28-26-24-22-16-14-12-10-8-6-4-2/h8,10,32,34,38-40,42-45,47-48,50-52H,3-7,9,11-31,33,35-37H2,1-2H3,(H,46,49). The topological polar surface area (TPSA) is 149 Å². The van der Waals surface area contributed by atoms with Crippen molar-refractivity contribution in [1.82, 2.24) is 5.32 Å². The highest BCUT2D eigenvalue weighted by molar-refractivity contribution is 5.76. The van der Waals surface area contributed by atoms with Gasteiger partial charge in [0, 0.05) is 6.42 Å². The Hall–Kier alpha value is -1.33. The van der Waals surface area contributed by atoms with E-state index in [1.54, 1.807) is 6.08 Å². The zero-order valence-electron chi connectivity index (χ0n) is 34.7. The van der Waals surface area contributed by atoms with Crippen LogP contribution in [-0.2, 0) is 14.3 Å². The van der Waals surface area contributed by atoms with E-state index in [1.165, 1.54) is 135 Å². The number of hydrogen-bond donors (Lipinski definition) is 6. The van der Waals surface area contributed by atoms with Crippen LogP contribution in [-0.4, -0.2) is 87.5 Å². The van der Waals surface area contributed by atoms with E-state index in [4.69, 9.17) is 9.47 Å². The number of rotatable bonds is 37. The molecule has 7 unspecified atom stereocenters. The smallest absolute Gasteiger partial charge is 0.220 e. The summed E-state index contributed by atoms with van der Waals surface area (Å²) in [6.45, 7) is 3.72. The Morgan fingerprint density at radius 3 is 1.57 bits per heavy atom. The zero-order chi connectivity index (χ0) is 39.5. The molecule has 0 spiro atoms. The number of carbonyl (C=O) groups is 1. The van der Waals surface area contributed by atoms with Gasteiger partial charge in [0.15, 0.2) is 6.29 Å². The van der Waals surface area contributed by atoms with E-state index in [0.29, 0.717) is 6.42 Å². The summed E-state index contributed by atoms with van der Waals surface area (Å²) in [6, 6.07) is -0.803. The monoisotopic (exact) mass is 768 g/mol. The van der Waals surface area contributed by atoms with Crippen molar-refractivity contribution in [3.05, 3.63) is 24.3 Å². The number of nitrogens with one attached hydrogen (secondary N) is 1. The molecule has 0 aromatic carbocycles. The Labute approximate surface area is 330 Å². The van der Waals surface area contributed by atoms with Crippen molar-refractivity contribution in [3.8, 4) is 0 Å². The van der Waals surface area contributed by atoms with Crippen molar-refractivity contribution in [2.24, 2.45) is 0 Å². The van der Waals surface area contributed by atoms with Gasteiger partial charge >= 0.3 is 0 Å². The Bertz CT molecular complexity index is 899. The van der Waals surface area contributed by atoms with E-state index >= 15 is 0 Å². The fourth-order valence-electron chi connectivity index (χ4n) is 7.10. The third-order valence-corrected chi connectivity index (χ3v) is 10.8. The summed E-state index contributed by atoms with van der Waals surface area (Å²) < 4.78 is 11.2. The summed E-state index contributed by atoms with van der Waals surface area (Å²) >= 11 is 0. The highest BCUT2D eigenvalue weighted by Crippen LogP contribution is 2.22. The quantitative estimate of drug-likeness (QED) is 0.0271. The minimum absolute atomic E-state index is 0.179. The number of aliphatic hydroxyl groups is 5. The van der Waals surface area contributed by atoms with Crippen molar-refractivity contribution in [2.75, 3.05) is 13.2 Å². The molecule has 0 aliphatic carbocycles. The normalized spacial score (nSPS) is 21.6. The molecule has 1 rings (SSSR count). The van der Waals surface area contributed by atoms with Crippen molar-refractivity contribution >= 4 is 5.91 Å². The van der Waals surface area contributed by atoms with Gasteiger partial charge in [-0.05, 0) is 38.5 Å². The molecule has 0 aromatic heterocycles. The van der Waals surface area contributed by atoms with E-state index in [2.05, 4.69) is 31.3 Å². The molecule has 1 aliphatic rings. The van der Waals surface area contributed by atoms with E-state index in [0.717, 1.165) is 44.9 Å². The lowest BCUT2D eigenvalue weighted by Gasteiger charge is -2.40. The van der Waals surface area contributed by atoms with Gasteiger partial charge in [-0.3, -0.25) is 4.79 Å². The number of hydrogen-bond acceptors (Lipinski definition) is 8. The molecule has 0 saturated carbocycles. The molecule has 1 heterocycles. The van der Waals surface area contributed by atoms with Gasteiger partial charge in [-0.2, -0.15) is 0 Å². The summed E-state index contributed by atoms with van der Waals surface area (Å²) in [5, 5.41) is 54.1. The van der Waals surface area contributed by atoms with Crippen LogP contribution in [0.25, 0.3) is 0 Å². The predicted octanol–water partition coefficient (Wildman–Crippen LogP) is 9.11. The fourth-order valence-corrected chi connectivity index (χ4v) is 7.10. The largest absolute Gasteiger partial charge is 0.394 e. The third kappa shape index (κ3) is 26.5. The van der Waals surface area contributed by atoms with Gasteiger partial charge in [0.25, 0.3) is 0 Å². The fraction of sp³-hybridized carbons (Fsp3) is 0.889. The number of carbonyl (C=O) groups excluding carboxylic acids is 1. The van der Waals surface area contributed by atoms with Crippen molar-refractivity contribution < 1.29 is 39.8 Å². The average molecular weight is 768 g/mol. The SMILES string of the molecule is CCCC=CCCCCCCCCC=CC(O)C(COC1OC(CO)C(O)C(O)C1O)NC(=O)CCCCCCCCCCCCCCCCCCCC. The second-order valence-electron chi connectivity index (χ2n) is 15.8. The van der Waals surface area contributed by atoms with Gasteiger partial charge in [0.2, 0.25) is 5.91 Å².